The van der Waals surface area contributed by atoms with E-state index < -0.39 is 5.97 Å². The van der Waals surface area contributed by atoms with Gasteiger partial charge in [0.05, 0.1) is 19.6 Å². The number of carbonyl (C=O) groups is 1. The Bertz CT molecular complexity index is 681. The number of benzene rings is 1. The second-order valence-electron chi connectivity index (χ2n) is 4.88. The van der Waals surface area contributed by atoms with Gasteiger partial charge in [-0.3, -0.25) is 9.59 Å². The van der Waals surface area contributed by atoms with Crippen LogP contribution in [0, 0.1) is 0 Å². The minimum atomic E-state index is -0.943. The lowest BCUT2D eigenvalue weighted by molar-refractivity contribution is -0.137. The van der Waals surface area contributed by atoms with Crippen LogP contribution in [-0.4, -0.2) is 28.9 Å². The normalized spacial score (nSPS) is 10.3. The summed E-state index contributed by atoms with van der Waals surface area (Å²) in [6.45, 7) is 0.970. The summed E-state index contributed by atoms with van der Waals surface area (Å²) in [4.78, 5) is 22.6. The molecule has 0 saturated heterocycles. The van der Waals surface area contributed by atoms with Crippen LogP contribution >= 0.6 is 0 Å². The van der Waals surface area contributed by atoms with E-state index >= 15 is 0 Å². The van der Waals surface area contributed by atoms with Crippen LogP contribution in [0.25, 0.3) is 0 Å². The van der Waals surface area contributed by atoms with Gasteiger partial charge in [-0.25, -0.2) is 0 Å². The van der Waals surface area contributed by atoms with E-state index in [-0.39, 0.29) is 24.3 Å². The molecule has 1 aromatic heterocycles. The van der Waals surface area contributed by atoms with Crippen molar-refractivity contribution in [1.29, 1.82) is 0 Å². The summed E-state index contributed by atoms with van der Waals surface area (Å²) >= 11 is 0. The van der Waals surface area contributed by atoms with Crippen molar-refractivity contribution in [3.63, 3.8) is 0 Å². The molecule has 1 N–H and O–H groups in total. The number of aliphatic carboxylic acids is 1. The van der Waals surface area contributed by atoms with Gasteiger partial charge >= 0.3 is 5.97 Å². The molecule has 0 aliphatic rings. The van der Waals surface area contributed by atoms with Gasteiger partial charge in [0.2, 0.25) is 0 Å². The largest absolute Gasteiger partial charge is 0.493 e. The van der Waals surface area contributed by atoms with Crippen LogP contribution in [0.3, 0.4) is 0 Å². The Labute approximate surface area is 133 Å². The van der Waals surface area contributed by atoms with Crippen LogP contribution < -0.4 is 15.0 Å². The van der Waals surface area contributed by atoms with Crippen molar-refractivity contribution in [2.24, 2.45) is 0 Å². The highest BCUT2D eigenvalue weighted by molar-refractivity contribution is 5.66. The fraction of sp³-hybridized carbons (Fsp3) is 0.294. The molecule has 0 aliphatic carbocycles. The molecule has 0 saturated carbocycles. The molecule has 0 bridgehead atoms. The van der Waals surface area contributed by atoms with Crippen LogP contribution in [0.15, 0.2) is 53.5 Å². The number of aryl methyl sites for hydroxylation is 1. The third-order valence-corrected chi connectivity index (χ3v) is 3.11. The number of para-hydroxylation sites is 1. The number of ether oxygens (including phenoxy) is 2. The van der Waals surface area contributed by atoms with Gasteiger partial charge in [0.15, 0.2) is 5.75 Å². The summed E-state index contributed by atoms with van der Waals surface area (Å²) in [7, 11) is 0. The van der Waals surface area contributed by atoms with Crippen LogP contribution in [-0.2, 0) is 11.3 Å². The Morgan fingerprint density at radius 1 is 1.04 bits per heavy atom. The van der Waals surface area contributed by atoms with Gasteiger partial charge < -0.3 is 19.1 Å². The molecule has 6 heteroatoms. The van der Waals surface area contributed by atoms with Crippen molar-refractivity contribution < 1.29 is 19.4 Å². The quantitative estimate of drug-likeness (QED) is 0.717. The van der Waals surface area contributed by atoms with Crippen molar-refractivity contribution in [2.45, 2.75) is 19.4 Å². The minimum Gasteiger partial charge on any atom is -0.493 e. The number of hydrogen-bond donors (Lipinski definition) is 1. The highest BCUT2D eigenvalue weighted by Gasteiger charge is 2.06. The van der Waals surface area contributed by atoms with Gasteiger partial charge in [-0.15, -0.1) is 0 Å². The molecule has 0 atom stereocenters. The van der Waals surface area contributed by atoms with Gasteiger partial charge in [-0.05, 0) is 24.3 Å². The Hall–Kier alpha value is -2.76. The number of rotatable bonds is 9. The summed E-state index contributed by atoms with van der Waals surface area (Å²) in [5.41, 5.74) is -0.322. The standard InChI is InChI=1S/C17H19NO5/c19-16(20)9-11-18-10-4-8-15(17(18)21)23-13-5-12-22-14-6-2-1-3-7-14/h1-4,6-8,10H,5,9,11-13H2,(H,19,20). The molecule has 122 valence electrons. The van der Waals surface area contributed by atoms with Crippen LogP contribution in [0.5, 0.6) is 11.5 Å². The van der Waals surface area contributed by atoms with E-state index in [1.807, 2.05) is 30.3 Å². The zero-order valence-corrected chi connectivity index (χ0v) is 12.7. The van der Waals surface area contributed by atoms with Crippen molar-refractivity contribution >= 4 is 5.97 Å². The predicted molar refractivity (Wildman–Crippen MR) is 85.0 cm³/mol. The lowest BCUT2D eigenvalue weighted by Gasteiger charge is -2.09. The number of aromatic nitrogens is 1. The van der Waals surface area contributed by atoms with Crippen LogP contribution in [0.2, 0.25) is 0 Å². The van der Waals surface area contributed by atoms with E-state index in [0.29, 0.717) is 19.6 Å². The molecular weight excluding hydrogens is 298 g/mol. The zero-order valence-electron chi connectivity index (χ0n) is 12.7. The molecule has 1 aromatic carbocycles. The maximum Gasteiger partial charge on any atom is 0.305 e. The lowest BCUT2D eigenvalue weighted by Crippen LogP contribution is -2.23. The summed E-state index contributed by atoms with van der Waals surface area (Å²) < 4.78 is 12.3. The maximum absolute atomic E-state index is 12.1. The highest BCUT2D eigenvalue weighted by Crippen LogP contribution is 2.09. The minimum absolute atomic E-state index is 0.103. The smallest absolute Gasteiger partial charge is 0.305 e. The van der Waals surface area contributed by atoms with E-state index in [1.165, 1.54) is 4.57 Å². The molecule has 23 heavy (non-hydrogen) atoms. The molecule has 1 heterocycles. The fourth-order valence-electron chi connectivity index (χ4n) is 1.96. The average Bonchev–Trinajstić information content (AvgIpc) is 2.55. The molecule has 0 fully saturated rings. The van der Waals surface area contributed by atoms with Crippen molar-refractivity contribution in [1.82, 2.24) is 4.57 Å². The number of pyridine rings is 1. The number of carboxylic acid groups (broad SMARTS) is 1. The van der Waals surface area contributed by atoms with E-state index in [0.717, 1.165) is 5.75 Å². The molecule has 0 unspecified atom stereocenters. The summed E-state index contributed by atoms with van der Waals surface area (Å²) in [5, 5.41) is 8.67. The van der Waals surface area contributed by atoms with Crippen molar-refractivity contribution in [2.75, 3.05) is 13.2 Å². The topological polar surface area (TPSA) is 77.8 Å². The number of nitrogens with zero attached hydrogens (tertiary/aromatic N) is 1. The van der Waals surface area contributed by atoms with E-state index in [2.05, 4.69) is 0 Å². The van der Waals surface area contributed by atoms with Gasteiger partial charge in [0, 0.05) is 19.2 Å². The molecule has 0 amide bonds. The van der Waals surface area contributed by atoms with Crippen molar-refractivity contribution in [3.8, 4) is 11.5 Å². The van der Waals surface area contributed by atoms with Crippen LogP contribution in [0.1, 0.15) is 12.8 Å². The van der Waals surface area contributed by atoms with E-state index in [9.17, 15) is 9.59 Å². The monoisotopic (exact) mass is 317 g/mol. The Kier molecular flexibility index (Phi) is 6.23. The summed E-state index contributed by atoms with van der Waals surface area (Å²) in [6, 6.07) is 12.7. The first-order valence-corrected chi connectivity index (χ1v) is 7.39. The first-order valence-electron chi connectivity index (χ1n) is 7.39. The summed E-state index contributed by atoms with van der Waals surface area (Å²) in [5.74, 6) is 0.0714. The second kappa shape index (κ2) is 8.63. The lowest BCUT2D eigenvalue weighted by atomic mass is 10.3. The number of carboxylic acids is 1. The Balaban J connectivity index is 1.78. The van der Waals surface area contributed by atoms with Crippen LogP contribution in [0.4, 0.5) is 0 Å². The highest BCUT2D eigenvalue weighted by atomic mass is 16.5. The van der Waals surface area contributed by atoms with Gasteiger partial charge in [0.25, 0.3) is 5.56 Å². The first kappa shape index (κ1) is 16.6. The average molecular weight is 317 g/mol. The molecule has 2 aromatic rings. The maximum atomic E-state index is 12.1. The Morgan fingerprint density at radius 3 is 2.52 bits per heavy atom. The van der Waals surface area contributed by atoms with E-state index in [4.69, 9.17) is 14.6 Å². The van der Waals surface area contributed by atoms with E-state index in [1.54, 1.807) is 18.3 Å². The molecule has 0 aliphatic heterocycles. The van der Waals surface area contributed by atoms with Gasteiger partial charge in [-0.2, -0.15) is 0 Å². The SMILES string of the molecule is O=C(O)CCn1cccc(OCCCOc2ccccc2)c1=O. The molecule has 6 nitrogen and oxygen atoms in total. The first-order chi connectivity index (χ1) is 11.2. The molecular formula is C17H19NO5. The second-order valence-corrected chi connectivity index (χ2v) is 4.88. The Morgan fingerprint density at radius 2 is 1.78 bits per heavy atom. The van der Waals surface area contributed by atoms with Gasteiger partial charge in [-0.1, -0.05) is 18.2 Å². The predicted octanol–water partition coefficient (Wildman–Crippen LogP) is 2.17. The third-order valence-electron chi connectivity index (χ3n) is 3.11. The molecule has 0 radical (unpaired) electrons. The van der Waals surface area contributed by atoms with Crippen molar-refractivity contribution in [3.05, 3.63) is 59.0 Å². The third kappa shape index (κ3) is 5.50. The zero-order chi connectivity index (χ0) is 16.5. The molecule has 2 rings (SSSR count). The fourth-order valence-corrected chi connectivity index (χ4v) is 1.96. The number of hydrogen-bond acceptors (Lipinski definition) is 4. The molecule has 0 spiro atoms. The van der Waals surface area contributed by atoms with Gasteiger partial charge in [0.1, 0.15) is 5.75 Å². The summed E-state index contributed by atoms with van der Waals surface area (Å²) in [6.07, 6.45) is 2.09.